The molecule has 2 aromatic carbocycles. The molecule has 0 bridgehead atoms. The second-order valence-corrected chi connectivity index (χ2v) is 7.01. The van der Waals surface area contributed by atoms with Crippen LogP contribution in [0.5, 0.6) is 0 Å². The normalized spacial score (nSPS) is 21.7. The van der Waals surface area contributed by atoms with Crippen LogP contribution in [0.1, 0.15) is 57.4 Å². The Morgan fingerprint density at radius 1 is 1.16 bits per heavy atom. The summed E-state index contributed by atoms with van der Waals surface area (Å²) in [4.78, 5) is 25.0. The minimum absolute atomic E-state index is 0.00759. The molecule has 0 radical (unpaired) electrons. The van der Waals surface area contributed by atoms with Gasteiger partial charge in [0.15, 0.2) is 0 Å². The first-order valence-corrected chi connectivity index (χ1v) is 8.90. The van der Waals surface area contributed by atoms with Crippen LogP contribution in [0.4, 0.5) is 0 Å². The fraction of sp³-hybridized carbons (Fsp3) is 0.333. The van der Waals surface area contributed by atoms with Crippen LogP contribution in [-0.2, 0) is 11.2 Å². The van der Waals surface area contributed by atoms with Crippen molar-refractivity contribution in [2.45, 2.75) is 38.1 Å². The molecular weight excluding hydrogens is 312 g/mol. The van der Waals surface area contributed by atoms with Gasteiger partial charge in [-0.3, -0.25) is 9.59 Å². The summed E-state index contributed by atoms with van der Waals surface area (Å²) in [6.45, 7) is 2.44. The molecule has 25 heavy (non-hydrogen) atoms. The van der Waals surface area contributed by atoms with Crippen LogP contribution < -0.4 is 10.6 Å². The monoisotopic (exact) mass is 334 g/mol. The van der Waals surface area contributed by atoms with E-state index < -0.39 is 0 Å². The molecule has 0 saturated heterocycles. The molecule has 2 N–H and O–H groups in total. The predicted molar refractivity (Wildman–Crippen MR) is 96.5 cm³/mol. The molecule has 1 aliphatic heterocycles. The Morgan fingerprint density at radius 2 is 2.00 bits per heavy atom. The molecule has 0 fully saturated rings. The van der Waals surface area contributed by atoms with E-state index in [1.165, 1.54) is 16.7 Å². The summed E-state index contributed by atoms with van der Waals surface area (Å²) in [5, 5.41) is 6.07. The number of amides is 2. The summed E-state index contributed by atoms with van der Waals surface area (Å²) in [6.07, 6.45) is 3.12. The van der Waals surface area contributed by atoms with Crippen LogP contribution >= 0.6 is 0 Å². The Kier molecular flexibility index (Phi) is 4.04. The Labute approximate surface area is 147 Å². The van der Waals surface area contributed by atoms with Crippen molar-refractivity contribution >= 4 is 11.8 Å². The summed E-state index contributed by atoms with van der Waals surface area (Å²) in [7, 11) is 0. The highest BCUT2D eigenvalue weighted by Gasteiger charge is 2.32. The highest BCUT2D eigenvalue weighted by Crippen LogP contribution is 2.32. The zero-order valence-electron chi connectivity index (χ0n) is 14.3. The Balaban J connectivity index is 1.59. The summed E-state index contributed by atoms with van der Waals surface area (Å²) in [5.41, 5.74) is 5.22. The summed E-state index contributed by atoms with van der Waals surface area (Å²) in [6, 6.07) is 13.9. The number of benzene rings is 2. The van der Waals surface area contributed by atoms with Crippen LogP contribution in [0.3, 0.4) is 0 Å². The van der Waals surface area contributed by atoms with Crippen molar-refractivity contribution in [3.05, 3.63) is 70.3 Å². The van der Waals surface area contributed by atoms with Crippen LogP contribution in [-0.4, -0.2) is 18.4 Å². The lowest BCUT2D eigenvalue weighted by atomic mass is 9.85. The van der Waals surface area contributed by atoms with E-state index in [1.807, 2.05) is 18.2 Å². The van der Waals surface area contributed by atoms with Crippen LogP contribution in [0, 0.1) is 6.92 Å². The van der Waals surface area contributed by atoms with E-state index in [9.17, 15) is 9.59 Å². The van der Waals surface area contributed by atoms with E-state index in [0.29, 0.717) is 12.1 Å². The van der Waals surface area contributed by atoms with Crippen molar-refractivity contribution in [3.63, 3.8) is 0 Å². The Bertz CT molecular complexity index is 844. The lowest BCUT2D eigenvalue weighted by Crippen LogP contribution is -2.43. The second-order valence-electron chi connectivity index (χ2n) is 7.01. The highest BCUT2D eigenvalue weighted by atomic mass is 16.2. The SMILES string of the molecule is Cc1ccc2c(c1)[C@H](NC(=O)C1CNC(=O)c3ccccc31)CCC2. The maximum Gasteiger partial charge on any atom is 0.251 e. The van der Waals surface area contributed by atoms with Gasteiger partial charge in [0.2, 0.25) is 5.91 Å². The van der Waals surface area contributed by atoms with Crippen LogP contribution in [0.25, 0.3) is 0 Å². The number of hydrogen-bond donors (Lipinski definition) is 2. The Morgan fingerprint density at radius 3 is 2.88 bits per heavy atom. The van der Waals surface area contributed by atoms with E-state index in [4.69, 9.17) is 0 Å². The standard InChI is InChI=1S/C21H22N2O2/c1-13-9-10-14-5-4-8-19(17(14)11-13)23-21(25)18-12-22-20(24)16-7-3-2-6-15(16)18/h2-3,6-7,9-11,18-19H,4-5,8,12H2,1H3,(H,22,24)(H,23,25)/t18?,19-/m1/s1. The van der Waals surface area contributed by atoms with Crippen molar-refractivity contribution in [2.75, 3.05) is 6.54 Å². The molecule has 2 aromatic rings. The van der Waals surface area contributed by atoms with Gasteiger partial charge in [-0.2, -0.15) is 0 Å². The van der Waals surface area contributed by atoms with Gasteiger partial charge in [-0.25, -0.2) is 0 Å². The smallest absolute Gasteiger partial charge is 0.251 e. The average Bonchev–Trinajstić information content (AvgIpc) is 2.63. The molecule has 128 valence electrons. The average molecular weight is 334 g/mol. The predicted octanol–water partition coefficient (Wildman–Crippen LogP) is 3.02. The highest BCUT2D eigenvalue weighted by molar-refractivity contribution is 6.00. The van der Waals surface area contributed by atoms with Crippen LogP contribution in [0.15, 0.2) is 42.5 Å². The first-order chi connectivity index (χ1) is 12.1. The van der Waals surface area contributed by atoms with Crippen molar-refractivity contribution in [2.24, 2.45) is 0 Å². The molecule has 2 aliphatic rings. The molecule has 2 atom stereocenters. The molecule has 2 amide bonds. The van der Waals surface area contributed by atoms with Crippen molar-refractivity contribution in [3.8, 4) is 0 Å². The van der Waals surface area contributed by atoms with E-state index in [1.54, 1.807) is 6.07 Å². The van der Waals surface area contributed by atoms with Gasteiger partial charge in [0.25, 0.3) is 5.91 Å². The Hall–Kier alpha value is -2.62. The molecule has 0 spiro atoms. The van der Waals surface area contributed by atoms with Gasteiger partial charge >= 0.3 is 0 Å². The molecule has 1 unspecified atom stereocenters. The fourth-order valence-corrected chi connectivity index (χ4v) is 3.98. The number of rotatable bonds is 2. The maximum atomic E-state index is 13.0. The number of carbonyl (C=O) groups is 2. The number of carbonyl (C=O) groups excluding carboxylic acids is 2. The molecule has 1 aliphatic carbocycles. The second kappa shape index (κ2) is 6.36. The third-order valence-corrected chi connectivity index (χ3v) is 5.30. The summed E-state index contributed by atoms with van der Waals surface area (Å²) >= 11 is 0. The van der Waals surface area contributed by atoms with Gasteiger partial charge in [0.05, 0.1) is 12.0 Å². The quantitative estimate of drug-likeness (QED) is 0.887. The van der Waals surface area contributed by atoms with Crippen molar-refractivity contribution < 1.29 is 9.59 Å². The van der Waals surface area contributed by atoms with E-state index in [2.05, 4.69) is 35.8 Å². The molecule has 1 heterocycles. The van der Waals surface area contributed by atoms with Gasteiger partial charge in [-0.05, 0) is 48.9 Å². The minimum atomic E-state index is -0.330. The van der Waals surface area contributed by atoms with Crippen molar-refractivity contribution in [1.82, 2.24) is 10.6 Å². The number of hydrogen-bond acceptors (Lipinski definition) is 2. The van der Waals surface area contributed by atoms with Crippen LogP contribution in [0.2, 0.25) is 0 Å². The lowest BCUT2D eigenvalue weighted by Gasteiger charge is -2.30. The maximum absolute atomic E-state index is 13.0. The van der Waals surface area contributed by atoms with Gasteiger partial charge in [-0.15, -0.1) is 0 Å². The topological polar surface area (TPSA) is 58.2 Å². The largest absolute Gasteiger partial charge is 0.351 e. The van der Waals surface area contributed by atoms with E-state index >= 15 is 0 Å². The third kappa shape index (κ3) is 2.93. The zero-order valence-corrected chi connectivity index (χ0v) is 14.3. The van der Waals surface area contributed by atoms with Gasteiger partial charge in [0, 0.05) is 12.1 Å². The molecule has 0 aromatic heterocycles. The van der Waals surface area contributed by atoms with Gasteiger partial charge < -0.3 is 10.6 Å². The fourth-order valence-electron chi connectivity index (χ4n) is 3.98. The summed E-state index contributed by atoms with van der Waals surface area (Å²) < 4.78 is 0. The van der Waals surface area contributed by atoms with E-state index in [0.717, 1.165) is 24.8 Å². The molecular formula is C21H22N2O2. The zero-order chi connectivity index (χ0) is 17.4. The first kappa shape index (κ1) is 15.9. The first-order valence-electron chi connectivity index (χ1n) is 8.90. The minimum Gasteiger partial charge on any atom is -0.351 e. The number of nitrogens with one attached hydrogen (secondary N) is 2. The molecule has 4 rings (SSSR count). The van der Waals surface area contributed by atoms with Gasteiger partial charge in [0.1, 0.15) is 0 Å². The third-order valence-electron chi connectivity index (χ3n) is 5.30. The number of fused-ring (bicyclic) bond motifs is 2. The molecule has 4 nitrogen and oxygen atoms in total. The van der Waals surface area contributed by atoms with Crippen molar-refractivity contribution in [1.29, 1.82) is 0 Å². The van der Waals surface area contributed by atoms with Gasteiger partial charge in [-0.1, -0.05) is 42.0 Å². The molecule has 4 heteroatoms. The summed E-state index contributed by atoms with van der Waals surface area (Å²) in [5.74, 6) is -0.436. The molecule has 0 saturated carbocycles. The van der Waals surface area contributed by atoms with E-state index in [-0.39, 0.29) is 23.8 Å². The number of aryl methyl sites for hydroxylation is 2. The lowest BCUT2D eigenvalue weighted by molar-refractivity contribution is -0.123.